The van der Waals surface area contributed by atoms with E-state index < -0.39 is 5.97 Å². The molecule has 4 nitrogen and oxygen atoms in total. The van der Waals surface area contributed by atoms with Gasteiger partial charge in [0, 0.05) is 0 Å². The van der Waals surface area contributed by atoms with Crippen molar-refractivity contribution < 1.29 is 14.3 Å². The van der Waals surface area contributed by atoms with Gasteiger partial charge in [-0.25, -0.2) is 4.79 Å². The summed E-state index contributed by atoms with van der Waals surface area (Å²) in [6, 6.07) is 3.88. The van der Waals surface area contributed by atoms with E-state index in [1.165, 1.54) is 7.11 Å². The molecule has 0 fully saturated rings. The van der Waals surface area contributed by atoms with Gasteiger partial charge in [-0.2, -0.15) is 0 Å². The quantitative estimate of drug-likeness (QED) is 0.681. The van der Waals surface area contributed by atoms with Gasteiger partial charge >= 0.3 is 5.97 Å². The third-order valence-corrected chi connectivity index (χ3v) is 3.65. The summed E-state index contributed by atoms with van der Waals surface area (Å²) in [6.07, 6.45) is 1.31. The predicted molar refractivity (Wildman–Crippen MR) is 70.2 cm³/mol. The number of aromatic amines is 1. The molecule has 0 aromatic carbocycles. The first-order valence-corrected chi connectivity index (χ1v) is 6.43. The Labute approximate surface area is 109 Å². The van der Waals surface area contributed by atoms with Gasteiger partial charge in [-0.1, -0.05) is 13.0 Å². The Morgan fingerprint density at radius 1 is 1.56 bits per heavy atom. The van der Waals surface area contributed by atoms with E-state index in [9.17, 15) is 9.59 Å². The molecule has 2 rings (SSSR count). The number of methoxy groups -OCH3 is 1. The number of ether oxygens (including phenoxy) is 1. The molecule has 2 aromatic rings. The molecule has 0 spiro atoms. The Kier molecular flexibility index (Phi) is 3.62. The zero-order valence-electron chi connectivity index (χ0n) is 10.1. The van der Waals surface area contributed by atoms with Crippen LogP contribution < -0.4 is 0 Å². The van der Waals surface area contributed by atoms with Gasteiger partial charge in [0.15, 0.2) is 6.29 Å². The first kappa shape index (κ1) is 12.6. The molecule has 0 radical (unpaired) electrons. The van der Waals surface area contributed by atoms with Crippen molar-refractivity contribution in [1.82, 2.24) is 4.98 Å². The van der Waals surface area contributed by atoms with Gasteiger partial charge in [-0.15, -0.1) is 11.3 Å². The molecule has 2 aromatic heterocycles. The van der Waals surface area contributed by atoms with E-state index >= 15 is 0 Å². The monoisotopic (exact) mass is 263 g/mol. The minimum absolute atomic E-state index is 0.280. The second-order valence-electron chi connectivity index (χ2n) is 3.71. The van der Waals surface area contributed by atoms with Crippen molar-refractivity contribution in [3.63, 3.8) is 0 Å². The first-order valence-electron chi connectivity index (χ1n) is 5.55. The summed E-state index contributed by atoms with van der Waals surface area (Å²) in [5, 5.41) is 1.95. The lowest BCUT2D eigenvalue weighted by molar-refractivity contribution is 0.0597. The number of H-pyrrole nitrogens is 1. The molecule has 1 N–H and O–H groups in total. The van der Waals surface area contributed by atoms with Crippen LogP contribution in [0.1, 0.15) is 33.3 Å². The van der Waals surface area contributed by atoms with E-state index in [0.29, 0.717) is 18.3 Å². The highest BCUT2D eigenvalue weighted by molar-refractivity contribution is 7.13. The van der Waals surface area contributed by atoms with Gasteiger partial charge in [-0.3, -0.25) is 4.79 Å². The van der Waals surface area contributed by atoms with Crippen LogP contribution in [-0.4, -0.2) is 24.3 Å². The maximum atomic E-state index is 11.8. The molecule has 5 heteroatoms. The third kappa shape index (κ3) is 1.97. The van der Waals surface area contributed by atoms with Gasteiger partial charge in [0.1, 0.15) is 0 Å². The summed E-state index contributed by atoms with van der Waals surface area (Å²) >= 11 is 1.56. The Hall–Kier alpha value is -1.88. The van der Waals surface area contributed by atoms with Crippen molar-refractivity contribution in [3.8, 4) is 10.6 Å². The molecule has 0 aliphatic heterocycles. The van der Waals surface area contributed by atoms with Crippen LogP contribution in [0.15, 0.2) is 17.5 Å². The second kappa shape index (κ2) is 5.18. The largest absolute Gasteiger partial charge is 0.465 e. The topological polar surface area (TPSA) is 59.2 Å². The Bertz CT molecular complexity index is 569. The second-order valence-corrected chi connectivity index (χ2v) is 4.66. The van der Waals surface area contributed by atoms with Crippen LogP contribution in [0.4, 0.5) is 0 Å². The Balaban J connectivity index is 2.66. The summed E-state index contributed by atoms with van der Waals surface area (Å²) in [6.45, 7) is 1.95. The molecule has 2 heterocycles. The average molecular weight is 263 g/mol. The van der Waals surface area contributed by atoms with E-state index in [1.807, 2.05) is 24.4 Å². The molecule has 0 aliphatic carbocycles. The highest BCUT2D eigenvalue weighted by atomic mass is 32.1. The highest BCUT2D eigenvalue weighted by Crippen LogP contribution is 2.31. The van der Waals surface area contributed by atoms with Gasteiger partial charge in [0.05, 0.1) is 28.9 Å². The van der Waals surface area contributed by atoms with Crippen LogP contribution in [0.2, 0.25) is 0 Å². The molecular weight excluding hydrogens is 250 g/mol. The van der Waals surface area contributed by atoms with Crippen LogP contribution in [0.5, 0.6) is 0 Å². The number of hydrogen-bond acceptors (Lipinski definition) is 4. The average Bonchev–Trinajstić information content (AvgIpc) is 3.03. The molecule has 94 valence electrons. The lowest BCUT2D eigenvalue weighted by Crippen LogP contribution is -2.06. The standard InChI is InChI=1S/C13H13NO3S/c1-3-8-11(13(16)17-2)9(7-15)14-12(8)10-5-4-6-18-10/h4-7,14H,3H2,1-2H3. The fourth-order valence-corrected chi connectivity index (χ4v) is 2.72. The molecule has 0 saturated heterocycles. The summed E-state index contributed by atoms with van der Waals surface area (Å²) in [7, 11) is 1.31. The summed E-state index contributed by atoms with van der Waals surface area (Å²) in [5.41, 5.74) is 2.28. The summed E-state index contributed by atoms with van der Waals surface area (Å²) in [5.74, 6) is -0.479. The lowest BCUT2D eigenvalue weighted by Gasteiger charge is -2.02. The van der Waals surface area contributed by atoms with Gasteiger partial charge in [0.25, 0.3) is 0 Å². The van der Waals surface area contributed by atoms with E-state index in [4.69, 9.17) is 4.74 Å². The molecule has 18 heavy (non-hydrogen) atoms. The third-order valence-electron chi connectivity index (χ3n) is 2.76. The van der Waals surface area contributed by atoms with Gasteiger partial charge in [0.2, 0.25) is 0 Å². The zero-order valence-corrected chi connectivity index (χ0v) is 11.0. The van der Waals surface area contributed by atoms with Crippen LogP contribution in [0.3, 0.4) is 0 Å². The van der Waals surface area contributed by atoms with Crippen LogP contribution in [0.25, 0.3) is 10.6 Å². The predicted octanol–water partition coefficient (Wildman–Crippen LogP) is 2.90. The van der Waals surface area contributed by atoms with Crippen molar-refractivity contribution in [2.45, 2.75) is 13.3 Å². The smallest absolute Gasteiger partial charge is 0.340 e. The summed E-state index contributed by atoms with van der Waals surface area (Å²) < 4.78 is 4.74. The maximum Gasteiger partial charge on any atom is 0.340 e. The number of aldehydes is 1. The fourth-order valence-electron chi connectivity index (χ4n) is 1.97. The SMILES string of the molecule is CCc1c(-c2cccs2)[nH]c(C=O)c1C(=O)OC. The van der Waals surface area contributed by atoms with Crippen LogP contribution in [0, 0.1) is 0 Å². The van der Waals surface area contributed by atoms with Crippen molar-refractivity contribution in [2.75, 3.05) is 7.11 Å². The highest BCUT2D eigenvalue weighted by Gasteiger charge is 2.23. The number of carbonyl (C=O) groups excluding carboxylic acids is 2. The fraction of sp³-hybridized carbons (Fsp3) is 0.231. The Morgan fingerprint density at radius 3 is 2.83 bits per heavy atom. The molecule has 0 saturated carbocycles. The molecule has 0 bridgehead atoms. The number of aromatic nitrogens is 1. The maximum absolute atomic E-state index is 11.8. The van der Waals surface area contributed by atoms with E-state index in [1.54, 1.807) is 11.3 Å². The number of esters is 1. The number of nitrogens with one attached hydrogen (secondary N) is 1. The molecular formula is C13H13NO3S. The minimum atomic E-state index is -0.479. The van der Waals surface area contributed by atoms with Gasteiger partial charge in [-0.05, 0) is 23.4 Å². The van der Waals surface area contributed by atoms with Crippen molar-refractivity contribution in [2.24, 2.45) is 0 Å². The number of hydrogen-bond donors (Lipinski definition) is 1. The normalized spacial score (nSPS) is 10.3. The number of rotatable bonds is 4. The van der Waals surface area contributed by atoms with E-state index in [0.717, 1.165) is 16.1 Å². The summed E-state index contributed by atoms with van der Waals surface area (Å²) in [4.78, 5) is 26.8. The van der Waals surface area contributed by atoms with E-state index in [-0.39, 0.29) is 5.69 Å². The molecule has 0 atom stereocenters. The van der Waals surface area contributed by atoms with Crippen LogP contribution >= 0.6 is 11.3 Å². The molecule has 0 aliphatic rings. The van der Waals surface area contributed by atoms with Crippen LogP contribution in [-0.2, 0) is 11.2 Å². The molecule has 0 amide bonds. The Morgan fingerprint density at radius 2 is 2.33 bits per heavy atom. The van der Waals surface area contributed by atoms with Crippen molar-refractivity contribution in [1.29, 1.82) is 0 Å². The number of carbonyl (C=O) groups is 2. The van der Waals surface area contributed by atoms with Gasteiger partial charge < -0.3 is 9.72 Å². The van der Waals surface area contributed by atoms with Crippen molar-refractivity contribution >= 4 is 23.6 Å². The lowest BCUT2D eigenvalue weighted by atomic mass is 10.1. The first-order chi connectivity index (χ1) is 8.72. The zero-order chi connectivity index (χ0) is 13.1. The minimum Gasteiger partial charge on any atom is -0.465 e. The molecule has 0 unspecified atom stereocenters. The number of thiophene rings is 1. The van der Waals surface area contributed by atoms with Crippen molar-refractivity contribution in [3.05, 3.63) is 34.3 Å². The van der Waals surface area contributed by atoms with E-state index in [2.05, 4.69) is 4.98 Å².